The Balaban J connectivity index is 1.97. The number of hydrogen-bond acceptors (Lipinski definition) is 5. The number of rotatable bonds is 4. The van der Waals surface area contributed by atoms with E-state index in [9.17, 15) is 0 Å². The molecule has 0 amide bonds. The van der Waals surface area contributed by atoms with E-state index in [0.717, 1.165) is 23.4 Å². The minimum absolute atomic E-state index is 0.581. The maximum absolute atomic E-state index is 4.55. The summed E-state index contributed by atoms with van der Waals surface area (Å²) in [5.74, 6) is 1.44. The second kappa shape index (κ2) is 5.40. The topological polar surface area (TPSA) is 69.7 Å². The number of aromatic amines is 1. The highest BCUT2D eigenvalue weighted by Gasteiger charge is 2.13. The van der Waals surface area contributed by atoms with Crippen LogP contribution < -0.4 is 10.2 Å². The molecule has 0 saturated carbocycles. The molecule has 0 fully saturated rings. The number of H-pyrrole nitrogens is 1. The third kappa shape index (κ3) is 2.65. The lowest BCUT2D eigenvalue weighted by molar-refractivity contribution is 0.900. The van der Waals surface area contributed by atoms with E-state index in [0.29, 0.717) is 5.95 Å². The number of fused-ring (bicyclic) bond motifs is 1. The van der Waals surface area contributed by atoms with Gasteiger partial charge < -0.3 is 10.2 Å². The van der Waals surface area contributed by atoms with Crippen molar-refractivity contribution in [2.24, 2.45) is 0 Å². The zero-order valence-corrected chi connectivity index (χ0v) is 12.4. The van der Waals surface area contributed by atoms with Gasteiger partial charge in [-0.2, -0.15) is 15.1 Å². The fourth-order valence-corrected chi connectivity index (χ4v) is 2.38. The highest BCUT2D eigenvalue weighted by Crippen LogP contribution is 2.24. The molecule has 6 nitrogen and oxygen atoms in total. The van der Waals surface area contributed by atoms with Crippen molar-refractivity contribution in [1.82, 2.24) is 20.2 Å². The molecule has 2 aromatic heterocycles. The maximum Gasteiger partial charge on any atom is 0.226 e. The molecule has 0 aliphatic carbocycles. The van der Waals surface area contributed by atoms with Gasteiger partial charge in [0, 0.05) is 20.6 Å². The van der Waals surface area contributed by atoms with Crippen LogP contribution in [0.25, 0.3) is 11.0 Å². The minimum atomic E-state index is 0.581. The molecule has 108 valence electrons. The smallest absolute Gasteiger partial charge is 0.226 e. The first-order chi connectivity index (χ1) is 10.2. The van der Waals surface area contributed by atoms with Crippen LogP contribution in [0.15, 0.2) is 30.5 Å². The average molecular weight is 282 g/mol. The molecule has 0 unspecified atom stereocenters. The molecule has 21 heavy (non-hydrogen) atoms. The quantitative estimate of drug-likeness (QED) is 0.768. The standard InChI is InChI=1S/C15H18N6/c1-10-5-4-6-11(7-10)9-21(3)14-12-8-17-20-13(12)18-15(16-2)19-14/h4-8H,9H2,1-3H3,(H2,16,17,18,19,20). The molecule has 6 heteroatoms. The van der Waals surface area contributed by atoms with E-state index < -0.39 is 0 Å². The van der Waals surface area contributed by atoms with E-state index in [1.54, 1.807) is 6.20 Å². The Labute approximate surface area is 123 Å². The molecule has 1 aromatic carbocycles. The van der Waals surface area contributed by atoms with Crippen LogP contribution in [0, 0.1) is 6.92 Å². The molecule has 3 rings (SSSR count). The Bertz CT molecular complexity index is 764. The zero-order valence-electron chi connectivity index (χ0n) is 12.4. The molecule has 2 N–H and O–H groups in total. The molecule has 0 saturated heterocycles. The third-order valence-corrected chi connectivity index (χ3v) is 3.38. The van der Waals surface area contributed by atoms with Gasteiger partial charge in [-0.05, 0) is 12.5 Å². The van der Waals surface area contributed by atoms with Crippen LogP contribution in [0.5, 0.6) is 0 Å². The second-order valence-electron chi connectivity index (χ2n) is 5.10. The molecule has 0 aliphatic rings. The van der Waals surface area contributed by atoms with Gasteiger partial charge >= 0.3 is 0 Å². The lowest BCUT2D eigenvalue weighted by Gasteiger charge is -2.19. The summed E-state index contributed by atoms with van der Waals surface area (Å²) in [6.45, 7) is 2.88. The van der Waals surface area contributed by atoms with Gasteiger partial charge in [0.05, 0.1) is 11.6 Å². The average Bonchev–Trinajstić information content (AvgIpc) is 2.94. The number of aromatic nitrogens is 4. The van der Waals surface area contributed by atoms with Crippen molar-refractivity contribution >= 4 is 22.8 Å². The summed E-state index contributed by atoms with van der Waals surface area (Å²) in [5, 5.41) is 10.9. The van der Waals surface area contributed by atoms with Crippen molar-refractivity contribution in [3.05, 3.63) is 41.6 Å². The van der Waals surface area contributed by atoms with Crippen LogP contribution in [0.2, 0.25) is 0 Å². The molecule has 0 atom stereocenters. The van der Waals surface area contributed by atoms with Gasteiger partial charge in [-0.3, -0.25) is 5.10 Å². The number of nitrogens with zero attached hydrogens (tertiary/aromatic N) is 4. The van der Waals surface area contributed by atoms with Gasteiger partial charge in [0.1, 0.15) is 5.82 Å². The molecule has 0 bridgehead atoms. The number of aryl methyl sites for hydroxylation is 1. The van der Waals surface area contributed by atoms with Gasteiger partial charge in [-0.1, -0.05) is 29.8 Å². The highest BCUT2D eigenvalue weighted by molar-refractivity contribution is 5.87. The van der Waals surface area contributed by atoms with Crippen LogP contribution in [0.1, 0.15) is 11.1 Å². The van der Waals surface area contributed by atoms with E-state index in [1.165, 1.54) is 11.1 Å². The minimum Gasteiger partial charge on any atom is -0.357 e. The Morgan fingerprint density at radius 1 is 1.29 bits per heavy atom. The molecule has 0 radical (unpaired) electrons. The van der Waals surface area contributed by atoms with Crippen molar-refractivity contribution in [3.8, 4) is 0 Å². The predicted octanol–water partition coefficient (Wildman–Crippen LogP) is 2.34. The Hall–Kier alpha value is -2.63. The van der Waals surface area contributed by atoms with Crippen molar-refractivity contribution in [1.29, 1.82) is 0 Å². The summed E-state index contributed by atoms with van der Waals surface area (Å²) in [7, 11) is 3.83. The molecule has 3 aromatic rings. The summed E-state index contributed by atoms with van der Waals surface area (Å²) >= 11 is 0. The van der Waals surface area contributed by atoms with Gasteiger partial charge in [0.15, 0.2) is 5.65 Å². The fourth-order valence-electron chi connectivity index (χ4n) is 2.38. The SMILES string of the molecule is CNc1nc(N(C)Cc2cccc(C)c2)c2cn[nH]c2n1. The first kappa shape index (κ1) is 13.4. The van der Waals surface area contributed by atoms with E-state index in [4.69, 9.17) is 0 Å². The van der Waals surface area contributed by atoms with Crippen LogP contribution in [-0.2, 0) is 6.54 Å². The summed E-state index contributed by atoms with van der Waals surface area (Å²) in [6, 6.07) is 8.48. The predicted molar refractivity (Wildman–Crippen MR) is 84.5 cm³/mol. The van der Waals surface area contributed by atoms with Gasteiger partial charge in [-0.25, -0.2) is 0 Å². The van der Waals surface area contributed by atoms with Crippen molar-refractivity contribution in [3.63, 3.8) is 0 Å². The second-order valence-corrected chi connectivity index (χ2v) is 5.10. The molecular formula is C15H18N6. The Kier molecular flexibility index (Phi) is 3.43. The molecule has 0 aliphatic heterocycles. The van der Waals surface area contributed by atoms with E-state index in [1.807, 2.05) is 14.1 Å². The van der Waals surface area contributed by atoms with Crippen molar-refractivity contribution in [2.45, 2.75) is 13.5 Å². The van der Waals surface area contributed by atoms with Crippen molar-refractivity contribution < 1.29 is 0 Å². The number of hydrogen-bond donors (Lipinski definition) is 2. The number of benzene rings is 1. The third-order valence-electron chi connectivity index (χ3n) is 3.38. The number of nitrogens with one attached hydrogen (secondary N) is 2. The highest BCUT2D eigenvalue weighted by atomic mass is 15.2. The molecule has 0 spiro atoms. The van der Waals surface area contributed by atoms with Gasteiger partial charge in [0.2, 0.25) is 5.95 Å². The first-order valence-electron chi connectivity index (χ1n) is 6.83. The summed E-state index contributed by atoms with van der Waals surface area (Å²) in [4.78, 5) is 11.0. The van der Waals surface area contributed by atoms with Crippen LogP contribution in [-0.4, -0.2) is 34.3 Å². The summed E-state index contributed by atoms with van der Waals surface area (Å²) in [6.07, 6.45) is 1.76. The van der Waals surface area contributed by atoms with Gasteiger partial charge in [-0.15, -0.1) is 0 Å². The zero-order chi connectivity index (χ0) is 14.8. The van der Waals surface area contributed by atoms with Crippen LogP contribution in [0.4, 0.5) is 11.8 Å². The number of anilines is 2. The molecular weight excluding hydrogens is 264 g/mol. The van der Waals surface area contributed by atoms with Crippen LogP contribution in [0.3, 0.4) is 0 Å². The van der Waals surface area contributed by atoms with Gasteiger partial charge in [0.25, 0.3) is 0 Å². The Morgan fingerprint density at radius 2 is 2.14 bits per heavy atom. The van der Waals surface area contributed by atoms with Crippen LogP contribution >= 0.6 is 0 Å². The van der Waals surface area contributed by atoms with Crippen molar-refractivity contribution in [2.75, 3.05) is 24.3 Å². The maximum atomic E-state index is 4.55. The van der Waals surface area contributed by atoms with E-state index in [2.05, 4.69) is 61.6 Å². The fraction of sp³-hybridized carbons (Fsp3) is 0.267. The van der Waals surface area contributed by atoms with E-state index in [-0.39, 0.29) is 0 Å². The summed E-state index contributed by atoms with van der Waals surface area (Å²) < 4.78 is 0. The normalized spacial score (nSPS) is 10.8. The Morgan fingerprint density at radius 3 is 2.90 bits per heavy atom. The monoisotopic (exact) mass is 282 g/mol. The van der Waals surface area contributed by atoms with E-state index >= 15 is 0 Å². The largest absolute Gasteiger partial charge is 0.357 e. The lowest BCUT2D eigenvalue weighted by atomic mass is 10.1. The lowest BCUT2D eigenvalue weighted by Crippen LogP contribution is -2.18. The summed E-state index contributed by atoms with van der Waals surface area (Å²) in [5.41, 5.74) is 3.24. The molecule has 2 heterocycles. The first-order valence-corrected chi connectivity index (χ1v) is 6.83.